The van der Waals surface area contributed by atoms with E-state index in [9.17, 15) is 4.79 Å². The molecule has 2 N–H and O–H groups in total. The van der Waals surface area contributed by atoms with Crippen LogP contribution in [0.5, 0.6) is 0 Å². The van der Waals surface area contributed by atoms with E-state index in [1.165, 1.54) is 10.8 Å². The molecule has 0 radical (unpaired) electrons. The number of urea groups is 1. The maximum Gasteiger partial charge on any atom is 0.319 e. The summed E-state index contributed by atoms with van der Waals surface area (Å²) in [7, 11) is 0. The molecule has 3 nitrogen and oxygen atoms in total. The third kappa shape index (κ3) is 3.26. The number of amides is 2. The summed E-state index contributed by atoms with van der Waals surface area (Å²) in [6, 6.07) is 23.6. The average Bonchev–Trinajstić information content (AvgIpc) is 2.55. The zero-order valence-corrected chi connectivity index (χ0v) is 12.4. The Morgan fingerprint density at radius 3 is 2.32 bits per heavy atom. The van der Waals surface area contributed by atoms with Gasteiger partial charge in [0.25, 0.3) is 0 Å². The van der Waals surface area contributed by atoms with Crippen LogP contribution in [0.15, 0.2) is 72.8 Å². The van der Waals surface area contributed by atoms with Crippen molar-refractivity contribution in [3.05, 3.63) is 78.4 Å². The number of rotatable bonds is 3. The van der Waals surface area contributed by atoms with Crippen LogP contribution < -0.4 is 10.6 Å². The molecule has 0 fully saturated rings. The molecule has 110 valence electrons. The first kappa shape index (κ1) is 14.1. The third-order valence-corrected chi connectivity index (χ3v) is 3.65. The number of para-hydroxylation sites is 1. The third-order valence-electron chi connectivity index (χ3n) is 3.65. The highest BCUT2D eigenvalue weighted by atomic mass is 16.2. The minimum Gasteiger partial charge on any atom is -0.331 e. The van der Waals surface area contributed by atoms with Gasteiger partial charge in [-0.1, -0.05) is 54.6 Å². The molecule has 0 saturated heterocycles. The number of anilines is 1. The van der Waals surface area contributed by atoms with Crippen LogP contribution in [0.3, 0.4) is 0 Å². The Bertz CT molecular complexity index is 784. The number of nitrogens with one attached hydrogen (secondary N) is 2. The van der Waals surface area contributed by atoms with Crippen molar-refractivity contribution in [1.29, 1.82) is 0 Å². The maximum atomic E-state index is 12.0. The van der Waals surface area contributed by atoms with Crippen LogP contribution in [-0.2, 0) is 0 Å². The Morgan fingerprint density at radius 1 is 0.864 bits per heavy atom. The molecular formula is C19H18N2O. The normalized spacial score (nSPS) is 11.9. The van der Waals surface area contributed by atoms with Gasteiger partial charge in [-0.05, 0) is 41.5 Å². The summed E-state index contributed by atoms with van der Waals surface area (Å²) in [6.45, 7) is 1.98. The zero-order chi connectivity index (χ0) is 15.4. The molecule has 3 rings (SSSR count). The van der Waals surface area contributed by atoms with Crippen LogP contribution in [0.1, 0.15) is 18.5 Å². The highest BCUT2D eigenvalue weighted by Crippen LogP contribution is 2.20. The number of hydrogen-bond acceptors (Lipinski definition) is 1. The van der Waals surface area contributed by atoms with E-state index in [1.54, 1.807) is 0 Å². The Kier molecular flexibility index (Phi) is 4.05. The smallest absolute Gasteiger partial charge is 0.319 e. The van der Waals surface area contributed by atoms with Crippen LogP contribution in [0.4, 0.5) is 10.5 Å². The topological polar surface area (TPSA) is 41.1 Å². The molecule has 0 saturated carbocycles. The fourth-order valence-corrected chi connectivity index (χ4v) is 2.45. The quantitative estimate of drug-likeness (QED) is 0.720. The lowest BCUT2D eigenvalue weighted by molar-refractivity contribution is 0.249. The summed E-state index contributed by atoms with van der Waals surface area (Å²) in [5.41, 5.74) is 1.87. The van der Waals surface area contributed by atoms with Crippen LogP contribution in [0.25, 0.3) is 10.8 Å². The standard InChI is InChI=1S/C19H18N2O/c1-14(20-19(22)21-18-9-3-2-4-10-18)16-12-11-15-7-5-6-8-17(15)13-16/h2-14H,1H3,(H2,20,21,22). The van der Waals surface area contributed by atoms with Gasteiger partial charge in [0.05, 0.1) is 6.04 Å². The first-order valence-electron chi connectivity index (χ1n) is 7.33. The number of benzene rings is 3. The number of hydrogen-bond donors (Lipinski definition) is 2. The van der Waals surface area contributed by atoms with Crippen LogP contribution >= 0.6 is 0 Å². The Hall–Kier alpha value is -2.81. The largest absolute Gasteiger partial charge is 0.331 e. The second-order valence-corrected chi connectivity index (χ2v) is 5.29. The number of fused-ring (bicyclic) bond motifs is 1. The molecule has 1 atom stereocenters. The van der Waals surface area contributed by atoms with Gasteiger partial charge in [-0.3, -0.25) is 0 Å². The molecule has 3 heteroatoms. The van der Waals surface area contributed by atoms with E-state index >= 15 is 0 Å². The summed E-state index contributed by atoms with van der Waals surface area (Å²) >= 11 is 0. The minimum atomic E-state index is -0.202. The molecule has 1 unspecified atom stereocenters. The SMILES string of the molecule is CC(NC(=O)Nc1ccccc1)c1ccc2ccccc2c1. The van der Waals surface area contributed by atoms with E-state index in [4.69, 9.17) is 0 Å². The van der Waals surface area contributed by atoms with Gasteiger partial charge in [-0.15, -0.1) is 0 Å². The lowest BCUT2D eigenvalue weighted by Gasteiger charge is -2.15. The first-order chi connectivity index (χ1) is 10.7. The molecule has 2 amide bonds. The molecule has 0 bridgehead atoms. The van der Waals surface area contributed by atoms with E-state index in [2.05, 4.69) is 41.0 Å². The van der Waals surface area contributed by atoms with E-state index < -0.39 is 0 Å². The lowest BCUT2D eigenvalue weighted by atomic mass is 10.0. The minimum absolute atomic E-state index is 0.0617. The fraction of sp³-hybridized carbons (Fsp3) is 0.105. The molecular weight excluding hydrogens is 272 g/mol. The lowest BCUT2D eigenvalue weighted by Crippen LogP contribution is -2.31. The van der Waals surface area contributed by atoms with Crippen LogP contribution in [0.2, 0.25) is 0 Å². The molecule has 0 spiro atoms. The Morgan fingerprint density at radius 2 is 1.55 bits per heavy atom. The van der Waals surface area contributed by atoms with Crippen molar-refractivity contribution in [2.45, 2.75) is 13.0 Å². The summed E-state index contributed by atoms with van der Waals surface area (Å²) in [5.74, 6) is 0. The second kappa shape index (κ2) is 6.31. The van der Waals surface area contributed by atoms with Gasteiger partial charge in [-0.25, -0.2) is 4.79 Å². The van der Waals surface area contributed by atoms with E-state index in [0.29, 0.717) is 0 Å². The van der Waals surface area contributed by atoms with Crippen molar-refractivity contribution < 1.29 is 4.79 Å². The van der Waals surface area contributed by atoms with Crippen molar-refractivity contribution in [2.75, 3.05) is 5.32 Å². The Labute approximate surface area is 130 Å². The van der Waals surface area contributed by atoms with Gasteiger partial charge in [0.15, 0.2) is 0 Å². The van der Waals surface area contributed by atoms with Gasteiger partial charge in [0.1, 0.15) is 0 Å². The summed E-state index contributed by atoms with van der Waals surface area (Å²) in [4.78, 5) is 12.0. The summed E-state index contributed by atoms with van der Waals surface area (Å²) < 4.78 is 0. The summed E-state index contributed by atoms with van der Waals surface area (Å²) in [5, 5.41) is 8.17. The van der Waals surface area contributed by atoms with Crippen LogP contribution in [-0.4, -0.2) is 6.03 Å². The molecule has 3 aromatic carbocycles. The Balaban J connectivity index is 1.70. The van der Waals surface area contributed by atoms with Gasteiger partial charge >= 0.3 is 6.03 Å². The van der Waals surface area contributed by atoms with Crippen molar-refractivity contribution in [3.8, 4) is 0 Å². The predicted molar refractivity (Wildman–Crippen MR) is 91.0 cm³/mol. The van der Waals surface area contributed by atoms with Gasteiger partial charge in [-0.2, -0.15) is 0 Å². The molecule has 0 aliphatic rings. The molecule has 0 aliphatic heterocycles. The molecule has 0 heterocycles. The predicted octanol–water partition coefficient (Wildman–Crippen LogP) is 4.72. The highest BCUT2D eigenvalue weighted by molar-refractivity contribution is 5.89. The molecule has 0 aliphatic carbocycles. The van der Waals surface area contributed by atoms with Gasteiger partial charge < -0.3 is 10.6 Å². The molecule has 3 aromatic rings. The monoisotopic (exact) mass is 290 g/mol. The fourth-order valence-electron chi connectivity index (χ4n) is 2.45. The van der Waals surface area contributed by atoms with Crippen molar-refractivity contribution in [2.24, 2.45) is 0 Å². The van der Waals surface area contributed by atoms with Crippen molar-refractivity contribution >= 4 is 22.5 Å². The van der Waals surface area contributed by atoms with E-state index in [1.807, 2.05) is 49.4 Å². The highest BCUT2D eigenvalue weighted by Gasteiger charge is 2.10. The van der Waals surface area contributed by atoms with Crippen molar-refractivity contribution in [1.82, 2.24) is 5.32 Å². The van der Waals surface area contributed by atoms with Crippen molar-refractivity contribution in [3.63, 3.8) is 0 Å². The molecule has 0 aromatic heterocycles. The van der Waals surface area contributed by atoms with E-state index in [-0.39, 0.29) is 12.1 Å². The zero-order valence-electron chi connectivity index (χ0n) is 12.4. The van der Waals surface area contributed by atoms with Gasteiger partial charge in [0, 0.05) is 5.69 Å². The second-order valence-electron chi connectivity index (χ2n) is 5.29. The summed E-state index contributed by atoms with van der Waals surface area (Å²) in [6.07, 6.45) is 0. The molecule has 22 heavy (non-hydrogen) atoms. The van der Waals surface area contributed by atoms with E-state index in [0.717, 1.165) is 11.3 Å². The average molecular weight is 290 g/mol. The number of carbonyl (C=O) groups excluding carboxylic acids is 1. The number of carbonyl (C=O) groups is 1. The van der Waals surface area contributed by atoms with Crippen LogP contribution in [0, 0.1) is 0 Å². The first-order valence-corrected chi connectivity index (χ1v) is 7.33. The van der Waals surface area contributed by atoms with Gasteiger partial charge in [0.2, 0.25) is 0 Å². The maximum absolute atomic E-state index is 12.0.